The van der Waals surface area contributed by atoms with Gasteiger partial charge in [-0.2, -0.15) is 0 Å². The third kappa shape index (κ3) is 1.99. The third-order valence-corrected chi connectivity index (χ3v) is 5.75. The predicted octanol–water partition coefficient (Wildman–Crippen LogP) is 3.25. The van der Waals surface area contributed by atoms with Crippen LogP contribution in [0.5, 0.6) is 0 Å². The summed E-state index contributed by atoms with van der Waals surface area (Å²) in [6, 6.07) is 7.03. The van der Waals surface area contributed by atoms with Crippen LogP contribution >= 0.6 is 23.5 Å². The van der Waals surface area contributed by atoms with Gasteiger partial charge in [0, 0.05) is 17.6 Å². The van der Waals surface area contributed by atoms with Crippen LogP contribution in [0.1, 0.15) is 12.5 Å². The second-order valence-corrected chi connectivity index (χ2v) is 6.70. The van der Waals surface area contributed by atoms with Gasteiger partial charge in [-0.1, -0.05) is 12.1 Å². The maximum absolute atomic E-state index is 10.9. The predicted molar refractivity (Wildman–Crippen MR) is 65.4 cm³/mol. The molecule has 80 valence electrons. The van der Waals surface area contributed by atoms with Crippen molar-refractivity contribution in [2.24, 2.45) is 0 Å². The summed E-state index contributed by atoms with van der Waals surface area (Å²) in [6.07, 6.45) is 0. The zero-order valence-corrected chi connectivity index (χ0v) is 9.94. The van der Waals surface area contributed by atoms with Gasteiger partial charge in [-0.25, -0.2) is 0 Å². The number of rotatable bonds is 2. The van der Waals surface area contributed by atoms with Crippen molar-refractivity contribution in [1.29, 1.82) is 0 Å². The van der Waals surface area contributed by atoms with Crippen LogP contribution in [0, 0.1) is 10.1 Å². The highest BCUT2D eigenvalue weighted by molar-refractivity contribution is 8.20. The number of nitrogens with zero attached hydrogens (tertiary/aromatic N) is 1. The van der Waals surface area contributed by atoms with E-state index in [4.69, 9.17) is 0 Å². The van der Waals surface area contributed by atoms with E-state index >= 15 is 0 Å². The van der Waals surface area contributed by atoms with Crippen molar-refractivity contribution < 1.29 is 4.92 Å². The lowest BCUT2D eigenvalue weighted by molar-refractivity contribution is -0.385. The topological polar surface area (TPSA) is 43.1 Å². The molecule has 1 saturated heterocycles. The van der Waals surface area contributed by atoms with E-state index in [1.165, 1.54) is 0 Å². The standard InChI is InChI=1S/C10H11NO2S2/c1-10(14-6-7-15-10)8-4-2-3-5-9(8)11(12)13/h2-5H,6-7H2,1H3. The summed E-state index contributed by atoms with van der Waals surface area (Å²) in [5, 5.41) is 10.9. The van der Waals surface area contributed by atoms with Gasteiger partial charge in [0.25, 0.3) is 5.69 Å². The first-order chi connectivity index (χ1) is 7.13. The molecular formula is C10H11NO2S2. The smallest absolute Gasteiger partial charge is 0.258 e. The Morgan fingerprint density at radius 2 is 1.93 bits per heavy atom. The van der Waals surface area contributed by atoms with E-state index in [-0.39, 0.29) is 14.7 Å². The fourth-order valence-corrected chi connectivity index (χ4v) is 4.62. The van der Waals surface area contributed by atoms with Gasteiger partial charge in [-0.3, -0.25) is 10.1 Å². The minimum atomic E-state index is -0.292. The van der Waals surface area contributed by atoms with E-state index < -0.39 is 0 Å². The van der Waals surface area contributed by atoms with Gasteiger partial charge < -0.3 is 0 Å². The zero-order valence-electron chi connectivity index (χ0n) is 8.30. The van der Waals surface area contributed by atoms with Crippen molar-refractivity contribution in [1.82, 2.24) is 0 Å². The molecule has 0 aromatic heterocycles. The average Bonchev–Trinajstić information content (AvgIpc) is 2.66. The lowest BCUT2D eigenvalue weighted by atomic mass is 10.1. The van der Waals surface area contributed by atoms with E-state index in [0.717, 1.165) is 17.1 Å². The molecule has 0 atom stereocenters. The molecule has 1 aliphatic heterocycles. The van der Waals surface area contributed by atoms with Gasteiger partial charge in [-0.15, -0.1) is 23.5 Å². The van der Waals surface area contributed by atoms with E-state index in [9.17, 15) is 10.1 Å². The number of para-hydroxylation sites is 1. The summed E-state index contributed by atoms with van der Waals surface area (Å²) < 4.78 is -0.149. The molecule has 3 nitrogen and oxygen atoms in total. The van der Waals surface area contributed by atoms with Gasteiger partial charge in [0.1, 0.15) is 0 Å². The summed E-state index contributed by atoms with van der Waals surface area (Å²) in [6.45, 7) is 2.07. The zero-order chi connectivity index (χ0) is 10.9. The SMILES string of the molecule is CC1(c2ccccc2[N+](=O)[O-])SCCS1. The highest BCUT2D eigenvalue weighted by Crippen LogP contribution is 2.53. The molecule has 0 aliphatic carbocycles. The molecule has 0 unspecified atom stereocenters. The highest BCUT2D eigenvalue weighted by Gasteiger charge is 2.37. The maximum Gasteiger partial charge on any atom is 0.274 e. The Morgan fingerprint density at radius 1 is 1.33 bits per heavy atom. The quantitative estimate of drug-likeness (QED) is 0.589. The van der Waals surface area contributed by atoms with Crippen LogP contribution in [0.4, 0.5) is 5.69 Å². The number of hydrogen-bond acceptors (Lipinski definition) is 4. The molecule has 1 aliphatic rings. The molecular weight excluding hydrogens is 230 g/mol. The minimum absolute atomic E-state index is 0.149. The Morgan fingerprint density at radius 3 is 2.53 bits per heavy atom. The van der Waals surface area contributed by atoms with E-state index in [1.54, 1.807) is 35.7 Å². The molecule has 1 heterocycles. The normalized spacial score (nSPS) is 19.0. The van der Waals surface area contributed by atoms with E-state index in [0.29, 0.717) is 0 Å². The lowest BCUT2D eigenvalue weighted by Gasteiger charge is -2.21. The molecule has 0 N–H and O–H groups in total. The first-order valence-electron chi connectivity index (χ1n) is 4.65. The van der Waals surface area contributed by atoms with Gasteiger partial charge in [0.15, 0.2) is 0 Å². The van der Waals surface area contributed by atoms with Crippen molar-refractivity contribution in [3.63, 3.8) is 0 Å². The first kappa shape index (κ1) is 10.8. The molecule has 1 fully saturated rings. The van der Waals surface area contributed by atoms with Crippen LogP contribution in [0.2, 0.25) is 0 Å². The molecule has 0 spiro atoms. The van der Waals surface area contributed by atoms with Crippen LogP contribution in [-0.4, -0.2) is 16.4 Å². The Labute approximate surface area is 96.8 Å². The van der Waals surface area contributed by atoms with Crippen LogP contribution in [0.15, 0.2) is 24.3 Å². The Balaban J connectivity index is 2.47. The van der Waals surface area contributed by atoms with Gasteiger partial charge in [0.2, 0.25) is 0 Å². The number of nitro groups is 1. The fraction of sp³-hybridized carbons (Fsp3) is 0.400. The summed E-state index contributed by atoms with van der Waals surface area (Å²) in [4.78, 5) is 10.6. The van der Waals surface area contributed by atoms with Crippen molar-refractivity contribution in [2.45, 2.75) is 11.0 Å². The van der Waals surface area contributed by atoms with Gasteiger partial charge >= 0.3 is 0 Å². The Hall–Kier alpha value is -0.680. The van der Waals surface area contributed by atoms with Crippen molar-refractivity contribution in [2.75, 3.05) is 11.5 Å². The number of benzene rings is 1. The molecule has 0 amide bonds. The molecule has 2 rings (SSSR count). The molecule has 0 radical (unpaired) electrons. The molecule has 1 aromatic carbocycles. The second-order valence-electron chi connectivity index (χ2n) is 3.42. The van der Waals surface area contributed by atoms with Crippen LogP contribution in [0.25, 0.3) is 0 Å². The number of thioether (sulfide) groups is 2. The Bertz CT molecular complexity index is 389. The number of hydrogen-bond donors (Lipinski definition) is 0. The van der Waals surface area contributed by atoms with E-state index in [1.807, 2.05) is 12.1 Å². The third-order valence-electron chi connectivity index (χ3n) is 2.43. The van der Waals surface area contributed by atoms with Crippen molar-refractivity contribution >= 4 is 29.2 Å². The Kier molecular flexibility index (Phi) is 2.93. The molecule has 0 bridgehead atoms. The molecule has 1 aromatic rings. The lowest BCUT2D eigenvalue weighted by Crippen LogP contribution is -2.11. The highest BCUT2D eigenvalue weighted by atomic mass is 32.2. The minimum Gasteiger partial charge on any atom is -0.258 e. The molecule has 15 heavy (non-hydrogen) atoms. The largest absolute Gasteiger partial charge is 0.274 e. The number of nitro benzene ring substituents is 1. The summed E-state index contributed by atoms with van der Waals surface area (Å²) >= 11 is 3.58. The molecule has 5 heteroatoms. The second kappa shape index (κ2) is 4.06. The van der Waals surface area contributed by atoms with Crippen LogP contribution in [0.3, 0.4) is 0 Å². The van der Waals surface area contributed by atoms with Crippen molar-refractivity contribution in [3.8, 4) is 0 Å². The van der Waals surface area contributed by atoms with Gasteiger partial charge in [0.05, 0.1) is 14.6 Å². The summed E-state index contributed by atoms with van der Waals surface area (Å²) in [7, 11) is 0. The van der Waals surface area contributed by atoms with Crippen LogP contribution < -0.4 is 0 Å². The first-order valence-corrected chi connectivity index (χ1v) is 6.62. The van der Waals surface area contributed by atoms with Crippen LogP contribution in [-0.2, 0) is 4.08 Å². The summed E-state index contributed by atoms with van der Waals surface area (Å²) in [5.74, 6) is 2.13. The maximum atomic E-state index is 10.9. The monoisotopic (exact) mass is 241 g/mol. The van der Waals surface area contributed by atoms with E-state index in [2.05, 4.69) is 6.92 Å². The summed E-state index contributed by atoms with van der Waals surface area (Å²) in [5.41, 5.74) is 1.07. The van der Waals surface area contributed by atoms with Gasteiger partial charge in [-0.05, 0) is 13.0 Å². The average molecular weight is 241 g/mol. The fourth-order valence-electron chi connectivity index (χ4n) is 1.69. The molecule has 0 saturated carbocycles. The van der Waals surface area contributed by atoms with Crippen molar-refractivity contribution in [3.05, 3.63) is 39.9 Å².